The fraction of sp³-hybridized carbons (Fsp3) is 0.471. The summed E-state index contributed by atoms with van der Waals surface area (Å²) in [6.45, 7) is 6.75. The molecule has 0 amide bonds. The van der Waals surface area contributed by atoms with Crippen molar-refractivity contribution in [1.82, 2.24) is 14.9 Å². The molecule has 0 saturated carbocycles. The molecule has 1 unspecified atom stereocenters. The number of hydrogen-bond donors (Lipinski definition) is 1. The van der Waals surface area contributed by atoms with E-state index < -0.39 is 0 Å². The first-order chi connectivity index (χ1) is 11.1. The molecule has 0 aliphatic rings. The number of aryl methyl sites for hydroxylation is 1. The summed E-state index contributed by atoms with van der Waals surface area (Å²) in [7, 11) is 3.20. The van der Waals surface area contributed by atoms with Crippen LogP contribution in [-0.4, -0.2) is 30.3 Å². The van der Waals surface area contributed by atoms with Gasteiger partial charge in [0.1, 0.15) is 5.82 Å². The third-order valence-corrected chi connectivity index (χ3v) is 4.22. The third-order valence-electron chi connectivity index (χ3n) is 3.81. The SMILES string of the molecule is COc1ccc(CNCC(C)Cn2ccnc2C)c(Cl)c1OC. The molecule has 1 atom stereocenters. The lowest BCUT2D eigenvalue weighted by Gasteiger charge is -2.16. The normalized spacial score (nSPS) is 12.2. The highest BCUT2D eigenvalue weighted by molar-refractivity contribution is 6.33. The minimum absolute atomic E-state index is 0.488. The number of aromatic nitrogens is 2. The molecule has 23 heavy (non-hydrogen) atoms. The summed E-state index contributed by atoms with van der Waals surface area (Å²) < 4.78 is 12.7. The average molecular weight is 338 g/mol. The Kier molecular flexibility index (Phi) is 6.30. The van der Waals surface area contributed by atoms with E-state index >= 15 is 0 Å². The van der Waals surface area contributed by atoms with Crippen molar-refractivity contribution >= 4 is 11.6 Å². The number of nitrogens with one attached hydrogen (secondary N) is 1. The minimum atomic E-state index is 0.488. The van der Waals surface area contributed by atoms with Crippen LogP contribution in [-0.2, 0) is 13.1 Å². The van der Waals surface area contributed by atoms with Gasteiger partial charge in [0.2, 0.25) is 0 Å². The molecule has 0 aliphatic carbocycles. The predicted octanol–water partition coefficient (Wildman–Crippen LogP) is 3.29. The van der Waals surface area contributed by atoms with E-state index in [0.717, 1.165) is 24.5 Å². The van der Waals surface area contributed by atoms with Gasteiger partial charge in [-0.25, -0.2) is 4.98 Å². The molecule has 0 fully saturated rings. The molecule has 5 nitrogen and oxygen atoms in total. The molecular weight excluding hydrogens is 314 g/mol. The molecule has 1 aromatic carbocycles. The van der Waals surface area contributed by atoms with Crippen molar-refractivity contribution in [2.75, 3.05) is 20.8 Å². The minimum Gasteiger partial charge on any atom is -0.493 e. The van der Waals surface area contributed by atoms with E-state index in [2.05, 4.69) is 21.8 Å². The monoisotopic (exact) mass is 337 g/mol. The summed E-state index contributed by atoms with van der Waals surface area (Å²) in [5, 5.41) is 4.04. The number of methoxy groups -OCH3 is 2. The summed E-state index contributed by atoms with van der Waals surface area (Å²) in [6.07, 6.45) is 3.84. The fourth-order valence-electron chi connectivity index (χ4n) is 2.52. The first-order valence-electron chi connectivity index (χ1n) is 7.64. The Morgan fingerprint density at radius 2 is 2.09 bits per heavy atom. The molecule has 0 bridgehead atoms. The van der Waals surface area contributed by atoms with Crippen molar-refractivity contribution in [2.24, 2.45) is 5.92 Å². The van der Waals surface area contributed by atoms with Crippen molar-refractivity contribution in [1.29, 1.82) is 0 Å². The molecule has 126 valence electrons. The van der Waals surface area contributed by atoms with Gasteiger partial charge < -0.3 is 19.4 Å². The van der Waals surface area contributed by atoms with Gasteiger partial charge in [-0.3, -0.25) is 0 Å². The van der Waals surface area contributed by atoms with Crippen LogP contribution in [0.3, 0.4) is 0 Å². The van der Waals surface area contributed by atoms with E-state index in [-0.39, 0.29) is 0 Å². The Morgan fingerprint density at radius 3 is 2.70 bits per heavy atom. The maximum Gasteiger partial charge on any atom is 0.179 e. The maximum atomic E-state index is 6.39. The molecule has 0 spiro atoms. The van der Waals surface area contributed by atoms with E-state index in [0.29, 0.717) is 29.0 Å². The van der Waals surface area contributed by atoms with Gasteiger partial charge in [-0.05, 0) is 31.0 Å². The van der Waals surface area contributed by atoms with Gasteiger partial charge in [-0.15, -0.1) is 0 Å². The van der Waals surface area contributed by atoms with Crippen molar-refractivity contribution in [3.05, 3.63) is 40.9 Å². The lowest BCUT2D eigenvalue weighted by molar-refractivity contribution is 0.354. The molecule has 2 aromatic rings. The highest BCUT2D eigenvalue weighted by atomic mass is 35.5. The van der Waals surface area contributed by atoms with Gasteiger partial charge in [0.05, 0.1) is 19.2 Å². The highest BCUT2D eigenvalue weighted by Gasteiger charge is 2.13. The summed E-state index contributed by atoms with van der Waals surface area (Å²) in [5.74, 6) is 2.75. The van der Waals surface area contributed by atoms with E-state index in [9.17, 15) is 0 Å². The predicted molar refractivity (Wildman–Crippen MR) is 92.4 cm³/mol. The zero-order valence-electron chi connectivity index (χ0n) is 14.1. The zero-order valence-corrected chi connectivity index (χ0v) is 14.9. The molecule has 1 aromatic heterocycles. The molecule has 0 radical (unpaired) electrons. The molecule has 0 saturated heterocycles. The Hall–Kier alpha value is -1.72. The van der Waals surface area contributed by atoms with Gasteiger partial charge in [0, 0.05) is 25.5 Å². The number of imidazole rings is 1. The van der Waals surface area contributed by atoms with Crippen LogP contribution in [0.15, 0.2) is 24.5 Å². The van der Waals surface area contributed by atoms with Crippen molar-refractivity contribution in [3.8, 4) is 11.5 Å². The van der Waals surface area contributed by atoms with Crippen LogP contribution in [0.4, 0.5) is 0 Å². The molecule has 0 aliphatic heterocycles. The Bertz CT molecular complexity index is 643. The van der Waals surface area contributed by atoms with Crippen LogP contribution in [0.25, 0.3) is 0 Å². The van der Waals surface area contributed by atoms with Crippen LogP contribution >= 0.6 is 11.6 Å². The fourth-order valence-corrected chi connectivity index (χ4v) is 2.82. The van der Waals surface area contributed by atoms with Crippen LogP contribution in [0.2, 0.25) is 5.02 Å². The number of ether oxygens (including phenoxy) is 2. The first-order valence-corrected chi connectivity index (χ1v) is 8.02. The van der Waals surface area contributed by atoms with Crippen LogP contribution in [0.5, 0.6) is 11.5 Å². The zero-order chi connectivity index (χ0) is 16.8. The molecular formula is C17H24ClN3O2. The second kappa shape index (κ2) is 8.22. The van der Waals surface area contributed by atoms with Crippen LogP contribution < -0.4 is 14.8 Å². The summed E-state index contributed by atoms with van der Waals surface area (Å²) in [6, 6.07) is 3.83. The first kappa shape index (κ1) is 17.6. The van der Waals surface area contributed by atoms with E-state index in [1.165, 1.54) is 0 Å². The van der Waals surface area contributed by atoms with Gasteiger partial charge in [0.15, 0.2) is 11.5 Å². The largest absolute Gasteiger partial charge is 0.493 e. The number of rotatable bonds is 8. The quantitative estimate of drug-likeness (QED) is 0.803. The smallest absolute Gasteiger partial charge is 0.179 e. The van der Waals surface area contributed by atoms with E-state index in [1.807, 2.05) is 31.5 Å². The van der Waals surface area contributed by atoms with Crippen LogP contribution in [0.1, 0.15) is 18.3 Å². The summed E-state index contributed by atoms with van der Waals surface area (Å²) in [5.41, 5.74) is 0.996. The maximum absolute atomic E-state index is 6.39. The standard InChI is InChI=1S/C17H24ClN3O2/c1-12(11-21-8-7-20-13(21)2)9-19-10-14-5-6-15(22-3)17(23-4)16(14)18/h5-8,12,19H,9-11H2,1-4H3. The third kappa shape index (κ3) is 4.39. The number of halogens is 1. The van der Waals surface area contributed by atoms with Gasteiger partial charge in [0.25, 0.3) is 0 Å². The van der Waals surface area contributed by atoms with Gasteiger partial charge in [-0.2, -0.15) is 0 Å². The Balaban J connectivity index is 1.90. The number of nitrogens with zero attached hydrogens (tertiary/aromatic N) is 2. The summed E-state index contributed by atoms with van der Waals surface area (Å²) in [4.78, 5) is 4.24. The second-order valence-corrected chi connectivity index (χ2v) is 6.02. The Labute approximate surface area is 142 Å². The molecule has 1 heterocycles. The lowest BCUT2D eigenvalue weighted by atomic mass is 10.1. The van der Waals surface area contributed by atoms with E-state index in [4.69, 9.17) is 21.1 Å². The van der Waals surface area contributed by atoms with Crippen LogP contribution in [0, 0.1) is 12.8 Å². The molecule has 2 rings (SSSR count). The highest BCUT2D eigenvalue weighted by Crippen LogP contribution is 2.37. The van der Waals surface area contributed by atoms with Crippen molar-refractivity contribution in [3.63, 3.8) is 0 Å². The molecule has 1 N–H and O–H groups in total. The van der Waals surface area contributed by atoms with Gasteiger partial charge >= 0.3 is 0 Å². The van der Waals surface area contributed by atoms with Gasteiger partial charge in [-0.1, -0.05) is 24.6 Å². The number of hydrogen-bond acceptors (Lipinski definition) is 4. The summed E-state index contributed by atoms with van der Waals surface area (Å²) >= 11 is 6.39. The van der Waals surface area contributed by atoms with Crippen molar-refractivity contribution in [2.45, 2.75) is 26.9 Å². The van der Waals surface area contributed by atoms with E-state index in [1.54, 1.807) is 14.2 Å². The molecule has 6 heteroatoms. The van der Waals surface area contributed by atoms with Crippen molar-refractivity contribution < 1.29 is 9.47 Å². The Morgan fingerprint density at radius 1 is 1.30 bits per heavy atom. The lowest BCUT2D eigenvalue weighted by Crippen LogP contribution is -2.24. The second-order valence-electron chi connectivity index (χ2n) is 5.64. The number of benzene rings is 1. The average Bonchev–Trinajstić information content (AvgIpc) is 2.93. The topological polar surface area (TPSA) is 48.3 Å².